The van der Waals surface area contributed by atoms with Crippen molar-refractivity contribution in [1.29, 1.82) is 0 Å². The Morgan fingerprint density at radius 3 is 2.85 bits per heavy atom. The molecule has 0 fully saturated rings. The maximum absolute atomic E-state index is 11.1. The summed E-state index contributed by atoms with van der Waals surface area (Å²) in [6.45, 7) is 2.16. The fraction of sp³-hybridized carbons (Fsp3) is 0.167. The van der Waals surface area contributed by atoms with Gasteiger partial charge in [0.2, 0.25) is 0 Å². The first-order valence-electron chi connectivity index (χ1n) is 5.64. The average molecular weight is 293 g/mol. The second-order valence-electron chi connectivity index (χ2n) is 4.00. The molecule has 2 N–H and O–H groups in total. The molecular weight excluding hydrogens is 282 g/mol. The standard InChI is InChI=1S/C12H11N3O4S/c1-7-6-20-10(14-7)5-13-9-4-2-3-8(12(16)17)11(9)15(18)19/h2-4,6,13H,5H2,1H3,(H,16,17). The van der Waals surface area contributed by atoms with E-state index in [1.807, 2.05) is 12.3 Å². The SMILES string of the molecule is Cc1csc(CNc2cccc(C(=O)O)c2[N+](=O)[O-])n1. The maximum Gasteiger partial charge on any atom is 0.342 e. The van der Waals surface area contributed by atoms with Crippen molar-refractivity contribution in [2.75, 3.05) is 5.32 Å². The van der Waals surface area contributed by atoms with Crippen molar-refractivity contribution < 1.29 is 14.8 Å². The predicted octanol–water partition coefficient (Wildman–Crippen LogP) is 2.67. The molecule has 1 aromatic heterocycles. The molecule has 1 aromatic carbocycles. The number of carboxylic acid groups (broad SMARTS) is 1. The number of aryl methyl sites for hydroxylation is 1. The van der Waals surface area contributed by atoms with Gasteiger partial charge in [0.15, 0.2) is 0 Å². The van der Waals surface area contributed by atoms with Gasteiger partial charge in [-0.3, -0.25) is 10.1 Å². The van der Waals surface area contributed by atoms with E-state index in [-0.39, 0.29) is 11.3 Å². The van der Waals surface area contributed by atoms with E-state index in [1.165, 1.54) is 29.5 Å². The first-order chi connectivity index (χ1) is 9.49. The summed E-state index contributed by atoms with van der Waals surface area (Å²) in [7, 11) is 0. The van der Waals surface area contributed by atoms with Crippen LogP contribution < -0.4 is 5.32 Å². The molecule has 0 amide bonds. The topological polar surface area (TPSA) is 105 Å². The predicted molar refractivity (Wildman–Crippen MR) is 74.2 cm³/mol. The summed E-state index contributed by atoms with van der Waals surface area (Å²) < 4.78 is 0. The molecule has 0 bridgehead atoms. The number of nitro benzene ring substituents is 1. The molecule has 0 aliphatic rings. The van der Waals surface area contributed by atoms with Crippen LogP contribution in [-0.2, 0) is 6.54 Å². The molecule has 0 saturated carbocycles. The highest BCUT2D eigenvalue weighted by Crippen LogP contribution is 2.29. The van der Waals surface area contributed by atoms with Crippen molar-refractivity contribution in [2.24, 2.45) is 0 Å². The van der Waals surface area contributed by atoms with Crippen LogP contribution in [0.15, 0.2) is 23.6 Å². The zero-order chi connectivity index (χ0) is 14.7. The summed E-state index contributed by atoms with van der Waals surface area (Å²) in [6, 6.07) is 4.15. The fourth-order valence-corrected chi connectivity index (χ4v) is 2.42. The lowest BCUT2D eigenvalue weighted by atomic mass is 10.1. The average Bonchev–Trinajstić information content (AvgIpc) is 2.81. The van der Waals surface area contributed by atoms with E-state index in [0.29, 0.717) is 6.54 Å². The van der Waals surface area contributed by atoms with Crippen molar-refractivity contribution >= 4 is 28.7 Å². The van der Waals surface area contributed by atoms with Gasteiger partial charge in [-0.1, -0.05) is 6.07 Å². The first-order valence-corrected chi connectivity index (χ1v) is 6.52. The van der Waals surface area contributed by atoms with Gasteiger partial charge in [0, 0.05) is 11.1 Å². The Labute approximate surface area is 118 Å². The van der Waals surface area contributed by atoms with Gasteiger partial charge in [0.25, 0.3) is 0 Å². The van der Waals surface area contributed by atoms with E-state index < -0.39 is 16.6 Å². The second-order valence-corrected chi connectivity index (χ2v) is 4.94. The van der Waals surface area contributed by atoms with Crippen LogP contribution in [0.2, 0.25) is 0 Å². The zero-order valence-electron chi connectivity index (χ0n) is 10.5. The first kappa shape index (κ1) is 13.9. The quantitative estimate of drug-likeness (QED) is 0.648. The minimum Gasteiger partial charge on any atom is -0.477 e. The largest absolute Gasteiger partial charge is 0.477 e. The normalized spacial score (nSPS) is 10.2. The van der Waals surface area contributed by atoms with Crippen LogP contribution in [0.1, 0.15) is 21.1 Å². The lowest BCUT2D eigenvalue weighted by Crippen LogP contribution is -2.07. The van der Waals surface area contributed by atoms with Gasteiger partial charge >= 0.3 is 11.7 Å². The molecule has 0 aliphatic heterocycles. The van der Waals surface area contributed by atoms with Crippen LogP contribution in [0.5, 0.6) is 0 Å². The highest BCUT2D eigenvalue weighted by Gasteiger charge is 2.24. The number of aromatic carboxylic acids is 1. The number of hydrogen-bond donors (Lipinski definition) is 2. The lowest BCUT2D eigenvalue weighted by Gasteiger charge is -2.07. The van der Waals surface area contributed by atoms with E-state index in [1.54, 1.807) is 0 Å². The molecule has 104 valence electrons. The van der Waals surface area contributed by atoms with Gasteiger partial charge in [0.05, 0.1) is 11.5 Å². The number of thiazole rings is 1. The van der Waals surface area contributed by atoms with Crippen LogP contribution in [0.3, 0.4) is 0 Å². The molecule has 7 nitrogen and oxygen atoms in total. The smallest absolute Gasteiger partial charge is 0.342 e. The molecule has 0 unspecified atom stereocenters. The van der Waals surface area contributed by atoms with Crippen LogP contribution in [0.4, 0.5) is 11.4 Å². The number of nitrogens with one attached hydrogen (secondary N) is 1. The molecule has 8 heteroatoms. The van der Waals surface area contributed by atoms with Gasteiger partial charge in [0.1, 0.15) is 16.3 Å². The minimum absolute atomic E-state index is 0.169. The van der Waals surface area contributed by atoms with E-state index in [4.69, 9.17) is 5.11 Å². The number of nitrogens with zero attached hydrogens (tertiary/aromatic N) is 2. The van der Waals surface area contributed by atoms with Gasteiger partial charge in [-0.15, -0.1) is 11.3 Å². The number of anilines is 1. The van der Waals surface area contributed by atoms with E-state index >= 15 is 0 Å². The lowest BCUT2D eigenvalue weighted by molar-refractivity contribution is -0.384. The van der Waals surface area contributed by atoms with Crippen LogP contribution in [0, 0.1) is 17.0 Å². The molecule has 0 radical (unpaired) electrons. The van der Waals surface area contributed by atoms with Gasteiger partial charge in [-0.25, -0.2) is 9.78 Å². The number of hydrogen-bond acceptors (Lipinski definition) is 6. The third-order valence-electron chi connectivity index (χ3n) is 2.55. The van der Waals surface area contributed by atoms with Gasteiger partial charge in [-0.2, -0.15) is 0 Å². The number of carboxylic acids is 1. The number of benzene rings is 1. The molecule has 0 spiro atoms. The van der Waals surface area contributed by atoms with Gasteiger partial charge in [-0.05, 0) is 19.1 Å². The molecule has 2 rings (SSSR count). The maximum atomic E-state index is 11.1. The zero-order valence-corrected chi connectivity index (χ0v) is 11.3. The number of rotatable bonds is 5. The summed E-state index contributed by atoms with van der Waals surface area (Å²) in [5, 5.41) is 25.5. The number of nitro groups is 1. The fourth-order valence-electron chi connectivity index (χ4n) is 1.71. The van der Waals surface area contributed by atoms with E-state index in [2.05, 4.69) is 10.3 Å². The Kier molecular flexibility index (Phi) is 3.94. The molecule has 2 aromatic rings. The van der Waals surface area contributed by atoms with Crippen molar-refractivity contribution in [3.63, 3.8) is 0 Å². The second kappa shape index (κ2) is 5.66. The Morgan fingerprint density at radius 2 is 2.30 bits per heavy atom. The third kappa shape index (κ3) is 2.91. The monoisotopic (exact) mass is 293 g/mol. The van der Waals surface area contributed by atoms with Crippen molar-refractivity contribution in [3.05, 3.63) is 50.0 Å². The summed E-state index contributed by atoms with van der Waals surface area (Å²) in [4.78, 5) is 25.6. The Hall–Kier alpha value is -2.48. The highest BCUT2D eigenvalue weighted by atomic mass is 32.1. The van der Waals surface area contributed by atoms with E-state index in [9.17, 15) is 14.9 Å². The summed E-state index contributed by atoms with van der Waals surface area (Å²) in [5.74, 6) is -1.33. The number of carbonyl (C=O) groups is 1. The molecular formula is C12H11N3O4S. The Bertz CT molecular complexity index is 668. The molecule has 0 aliphatic carbocycles. The molecule has 0 atom stereocenters. The number of aromatic nitrogens is 1. The van der Waals surface area contributed by atoms with Crippen LogP contribution in [-0.4, -0.2) is 21.0 Å². The van der Waals surface area contributed by atoms with E-state index in [0.717, 1.165) is 10.7 Å². The summed E-state index contributed by atoms with van der Waals surface area (Å²) in [6.07, 6.45) is 0. The highest BCUT2D eigenvalue weighted by molar-refractivity contribution is 7.09. The van der Waals surface area contributed by atoms with Crippen molar-refractivity contribution in [3.8, 4) is 0 Å². The summed E-state index contributed by atoms with van der Waals surface area (Å²) >= 11 is 1.43. The molecule has 0 saturated heterocycles. The van der Waals surface area contributed by atoms with Crippen LogP contribution in [0.25, 0.3) is 0 Å². The van der Waals surface area contributed by atoms with Crippen molar-refractivity contribution in [2.45, 2.75) is 13.5 Å². The minimum atomic E-state index is -1.33. The Morgan fingerprint density at radius 1 is 1.55 bits per heavy atom. The third-order valence-corrected chi connectivity index (χ3v) is 3.51. The van der Waals surface area contributed by atoms with Crippen LogP contribution >= 0.6 is 11.3 Å². The van der Waals surface area contributed by atoms with Gasteiger partial charge < -0.3 is 10.4 Å². The Balaban J connectivity index is 2.29. The molecule has 20 heavy (non-hydrogen) atoms. The summed E-state index contributed by atoms with van der Waals surface area (Å²) in [5.41, 5.74) is 0.270. The molecule has 1 heterocycles. The number of para-hydroxylation sites is 1. The van der Waals surface area contributed by atoms with Crippen molar-refractivity contribution in [1.82, 2.24) is 4.98 Å².